The van der Waals surface area contributed by atoms with E-state index in [0.29, 0.717) is 33.4 Å². The smallest absolute Gasteiger partial charge is 0.165 e. The molecule has 0 fully saturated rings. The first-order valence-corrected chi connectivity index (χ1v) is 7.47. The van der Waals surface area contributed by atoms with Gasteiger partial charge in [0.2, 0.25) is 0 Å². The lowest BCUT2D eigenvalue weighted by Gasteiger charge is -2.35. The highest BCUT2D eigenvalue weighted by atomic mass is 35.5. The molecule has 1 atom stereocenters. The topological polar surface area (TPSA) is 74.2 Å². The minimum Gasteiger partial charge on any atom is -0.734 e. The first-order valence-electron chi connectivity index (χ1n) is 7.09. The van der Waals surface area contributed by atoms with Crippen LogP contribution in [0.5, 0.6) is 17.2 Å². The maximum absolute atomic E-state index is 11.6. The highest BCUT2D eigenvalue weighted by Gasteiger charge is 2.26. The zero-order valence-electron chi connectivity index (χ0n) is 13.0. The SMILES string of the molecule is COc1ccc(C2Oc3ccc(Cl)cc3C=C2N([O-])O)cc1OC. The second kappa shape index (κ2) is 6.60. The number of rotatable bonds is 4. The van der Waals surface area contributed by atoms with Crippen LogP contribution in [0.1, 0.15) is 17.2 Å². The summed E-state index contributed by atoms with van der Waals surface area (Å²) in [6.07, 6.45) is 0.750. The van der Waals surface area contributed by atoms with Gasteiger partial charge in [-0.3, -0.25) is 5.21 Å². The van der Waals surface area contributed by atoms with Gasteiger partial charge in [0.05, 0.1) is 19.9 Å². The minimum atomic E-state index is -0.791. The predicted octanol–water partition coefficient (Wildman–Crippen LogP) is 4.02. The summed E-state index contributed by atoms with van der Waals surface area (Å²) in [5.41, 5.74) is 1.29. The highest BCUT2D eigenvalue weighted by Crippen LogP contribution is 2.41. The molecule has 1 N–H and O–H groups in total. The fraction of sp³-hybridized carbons (Fsp3) is 0.176. The van der Waals surface area contributed by atoms with Gasteiger partial charge in [-0.2, -0.15) is 0 Å². The van der Waals surface area contributed by atoms with Gasteiger partial charge in [0, 0.05) is 16.1 Å². The third-order valence-corrected chi connectivity index (χ3v) is 3.95. The standard InChI is InChI=1S/C17H15ClNO5/c1-22-15-5-3-10(9-16(15)23-2)17-13(19(20)21)8-11-7-12(18)4-6-14(11)24-17/h3-9,17,20H,1-2H3/q-1. The summed E-state index contributed by atoms with van der Waals surface area (Å²) in [4.78, 5) is 0. The second-order valence-corrected chi connectivity index (χ2v) is 5.57. The van der Waals surface area contributed by atoms with Crippen LogP contribution in [0.15, 0.2) is 42.1 Å². The van der Waals surface area contributed by atoms with E-state index in [4.69, 9.17) is 25.8 Å². The fourth-order valence-electron chi connectivity index (χ4n) is 2.57. The van der Waals surface area contributed by atoms with E-state index in [1.807, 2.05) is 0 Å². The molecule has 0 spiro atoms. The van der Waals surface area contributed by atoms with Crippen molar-refractivity contribution in [2.24, 2.45) is 0 Å². The summed E-state index contributed by atoms with van der Waals surface area (Å²) in [5.74, 6) is 1.61. The number of benzene rings is 2. The molecule has 0 aliphatic carbocycles. The molecule has 126 valence electrons. The Morgan fingerprint density at radius 3 is 2.54 bits per heavy atom. The van der Waals surface area contributed by atoms with Gasteiger partial charge in [-0.25, -0.2) is 0 Å². The molecule has 1 unspecified atom stereocenters. The molecule has 0 radical (unpaired) electrons. The van der Waals surface area contributed by atoms with Gasteiger partial charge in [-0.1, -0.05) is 17.7 Å². The summed E-state index contributed by atoms with van der Waals surface area (Å²) in [5, 5.41) is 21.4. The molecule has 0 saturated carbocycles. The molecule has 6 nitrogen and oxygen atoms in total. The zero-order valence-corrected chi connectivity index (χ0v) is 13.8. The molecule has 0 saturated heterocycles. The number of halogens is 1. The van der Waals surface area contributed by atoms with E-state index in [0.717, 1.165) is 0 Å². The van der Waals surface area contributed by atoms with Gasteiger partial charge in [-0.15, -0.1) is 0 Å². The molecule has 2 aromatic rings. The third kappa shape index (κ3) is 2.99. The number of hydroxylamine groups is 2. The molecular formula is C17H15ClNO5-. The lowest BCUT2D eigenvalue weighted by Crippen LogP contribution is -2.24. The van der Waals surface area contributed by atoms with E-state index in [1.165, 1.54) is 14.2 Å². The Labute approximate surface area is 144 Å². The first kappa shape index (κ1) is 16.4. The summed E-state index contributed by atoms with van der Waals surface area (Å²) in [7, 11) is 3.05. The van der Waals surface area contributed by atoms with Crippen LogP contribution in [0.4, 0.5) is 0 Å². The Kier molecular flexibility index (Phi) is 4.53. The van der Waals surface area contributed by atoms with E-state index >= 15 is 0 Å². The largest absolute Gasteiger partial charge is 0.734 e. The molecule has 24 heavy (non-hydrogen) atoms. The average Bonchev–Trinajstić information content (AvgIpc) is 2.59. The van der Waals surface area contributed by atoms with E-state index in [1.54, 1.807) is 42.5 Å². The van der Waals surface area contributed by atoms with Crippen molar-refractivity contribution in [3.05, 3.63) is 63.5 Å². The van der Waals surface area contributed by atoms with E-state index in [9.17, 15) is 10.4 Å². The second-order valence-electron chi connectivity index (χ2n) is 5.14. The van der Waals surface area contributed by atoms with Crippen LogP contribution in [-0.2, 0) is 0 Å². The third-order valence-electron chi connectivity index (χ3n) is 3.72. The molecule has 3 rings (SSSR count). The lowest BCUT2D eigenvalue weighted by molar-refractivity contribution is -0.0244. The van der Waals surface area contributed by atoms with Crippen LogP contribution < -0.4 is 14.2 Å². The molecule has 0 bridgehead atoms. The predicted molar refractivity (Wildman–Crippen MR) is 89.3 cm³/mol. The molecule has 0 aromatic heterocycles. The normalized spacial score (nSPS) is 15.9. The van der Waals surface area contributed by atoms with Crippen molar-refractivity contribution in [2.45, 2.75) is 6.10 Å². The van der Waals surface area contributed by atoms with Gasteiger partial charge in [0.1, 0.15) is 5.75 Å². The average molecular weight is 349 g/mol. The molecular weight excluding hydrogens is 334 g/mol. The monoisotopic (exact) mass is 348 g/mol. The summed E-state index contributed by atoms with van der Waals surface area (Å²) >= 11 is 5.96. The van der Waals surface area contributed by atoms with Crippen molar-refractivity contribution < 1.29 is 19.4 Å². The number of nitrogens with zero attached hydrogens (tertiary/aromatic N) is 1. The Hall–Kier alpha value is -2.41. The van der Waals surface area contributed by atoms with Crippen LogP contribution in [0.3, 0.4) is 0 Å². The van der Waals surface area contributed by atoms with Gasteiger partial charge in [-0.05, 0) is 36.4 Å². The first-order chi connectivity index (χ1) is 11.5. The fourth-order valence-corrected chi connectivity index (χ4v) is 2.75. The Morgan fingerprint density at radius 1 is 1.12 bits per heavy atom. The van der Waals surface area contributed by atoms with Crippen molar-refractivity contribution in [1.82, 2.24) is 5.23 Å². The zero-order chi connectivity index (χ0) is 17.3. The Morgan fingerprint density at radius 2 is 1.88 bits per heavy atom. The number of methoxy groups -OCH3 is 2. The molecule has 1 aliphatic rings. The Balaban J connectivity index is 2.06. The minimum absolute atomic E-state index is 0.0389. The number of ether oxygens (including phenoxy) is 3. The van der Waals surface area contributed by atoms with E-state index in [-0.39, 0.29) is 10.9 Å². The molecule has 1 heterocycles. The van der Waals surface area contributed by atoms with Crippen LogP contribution in [0.25, 0.3) is 6.08 Å². The van der Waals surface area contributed by atoms with Crippen LogP contribution in [-0.4, -0.2) is 24.7 Å². The van der Waals surface area contributed by atoms with Gasteiger partial charge in [0.25, 0.3) is 0 Å². The number of fused-ring (bicyclic) bond motifs is 1. The highest BCUT2D eigenvalue weighted by molar-refractivity contribution is 6.30. The van der Waals surface area contributed by atoms with Crippen molar-refractivity contribution >= 4 is 17.7 Å². The number of hydrogen-bond donors (Lipinski definition) is 1. The van der Waals surface area contributed by atoms with Crippen LogP contribution in [0.2, 0.25) is 5.02 Å². The van der Waals surface area contributed by atoms with Crippen molar-refractivity contribution in [3.63, 3.8) is 0 Å². The molecule has 1 aliphatic heterocycles. The molecule has 0 amide bonds. The maximum atomic E-state index is 11.6. The Bertz CT molecular complexity index is 791. The molecule has 7 heteroatoms. The quantitative estimate of drug-likeness (QED) is 0.841. The van der Waals surface area contributed by atoms with Crippen LogP contribution in [0, 0.1) is 5.21 Å². The lowest BCUT2D eigenvalue weighted by atomic mass is 10.0. The van der Waals surface area contributed by atoms with Gasteiger partial charge in [0.15, 0.2) is 17.6 Å². The van der Waals surface area contributed by atoms with Crippen molar-refractivity contribution in [2.75, 3.05) is 14.2 Å². The van der Waals surface area contributed by atoms with E-state index in [2.05, 4.69) is 0 Å². The maximum Gasteiger partial charge on any atom is 0.165 e. The summed E-state index contributed by atoms with van der Waals surface area (Å²) in [6.45, 7) is 0. The molecule has 2 aromatic carbocycles. The van der Waals surface area contributed by atoms with Crippen molar-refractivity contribution in [3.8, 4) is 17.2 Å². The van der Waals surface area contributed by atoms with Gasteiger partial charge >= 0.3 is 0 Å². The van der Waals surface area contributed by atoms with Gasteiger partial charge < -0.3 is 24.6 Å². The van der Waals surface area contributed by atoms with E-state index < -0.39 is 6.10 Å². The number of hydrogen-bond acceptors (Lipinski definition) is 6. The summed E-state index contributed by atoms with van der Waals surface area (Å²) < 4.78 is 16.4. The van der Waals surface area contributed by atoms with Crippen molar-refractivity contribution in [1.29, 1.82) is 0 Å². The summed E-state index contributed by atoms with van der Waals surface area (Å²) in [6, 6.07) is 10.2. The van der Waals surface area contributed by atoms with Crippen LogP contribution >= 0.6 is 11.6 Å².